The summed E-state index contributed by atoms with van der Waals surface area (Å²) in [5.74, 6) is 6.06. The molecule has 2 amide bonds. The van der Waals surface area contributed by atoms with Crippen molar-refractivity contribution in [1.29, 1.82) is 0 Å². The van der Waals surface area contributed by atoms with E-state index in [1.54, 1.807) is 18.2 Å². The number of urea groups is 1. The van der Waals surface area contributed by atoms with Crippen LogP contribution in [-0.4, -0.2) is 20.3 Å². The van der Waals surface area contributed by atoms with Gasteiger partial charge in [0, 0.05) is 11.8 Å². The minimum Gasteiger partial charge on any atom is -0.493 e. The molecular formula is C9H14ClN3O3. The van der Waals surface area contributed by atoms with Crippen molar-refractivity contribution in [2.24, 2.45) is 5.84 Å². The minimum absolute atomic E-state index is 0. The molecule has 0 spiro atoms. The summed E-state index contributed by atoms with van der Waals surface area (Å²) in [6.45, 7) is 0. The molecule has 1 rings (SSSR count). The van der Waals surface area contributed by atoms with Crippen molar-refractivity contribution in [3.05, 3.63) is 18.2 Å². The third kappa shape index (κ3) is 3.48. The Balaban J connectivity index is 0.00000225. The van der Waals surface area contributed by atoms with Crippen LogP contribution in [0.5, 0.6) is 11.5 Å². The van der Waals surface area contributed by atoms with E-state index in [0.717, 1.165) is 0 Å². The lowest BCUT2D eigenvalue weighted by molar-refractivity contribution is 0.252. The number of amides is 2. The SMILES string of the molecule is COc1ccc(NC(=O)NN)cc1OC.Cl. The predicted octanol–water partition coefficient (Wildman–Crippen LogP) is 1.12. The first kappa shape index (κ1) is 14.3. The first-order valence-corrected chi connectivity index (χ1v) is 4.21. The van der Waals surface area contributed by atoms with Crippen molar-refractivity contribution >= 4 is 24.1 Å². The van der Waals surface area contributed by atoms with Gasteiger partial charge in [-0.1, -0.05) is 0 Å². The molecule has 0 saturated heterocycles. The van der Waals surface area contributed by atoms with Gasteiger partial charge in [-0.3, -0.25) is 5.43 Å². The van der Waals surface area contributed by atoms with E-state index in [4.69, 9.17) is 15.3 Å². The van der Waals surface area contributed by atoms with Crippen LogP contribution in [0.4, 0.5) is 10.5 Å². The van der Waals surface area contributed by atoms with Crippen molar-refractivity contribution in [1.82, 2.24) is 5.43 Å². The number of nitrogens with two attached hydrogens (primary N) is 1. The van der Waals surface area contributed by atoms with E-state index in [0.29, 0.717) is 17.2 Å². The Morgan fingerprint density at radius 1 is 1.25 bits per heavy atom. The molecule has 0 heterocycles. The zero-order valence-corrected chi connectivity index (χ0v) is 9.76. The Bertz CT molecular complexity index is 360. The van der Waals surface area contributed by atoms with Crippen LogP contribution >= 0.6 is 12.4 Å². The fourth-order valence-electron chi connectivity index (χ4n) is 1.08. The highest BCUT2D eigenvalue weighted by Crippen LogP contribution is 2.29. The van der Waals surface area contributed by atoms with Gasteiger partial charge in [0.15, 0.2) is 11.5 Å². The molecule has 0 fully saturated rings. The van der Waals surface area contributed by atoms with Gasteiger partial charge in [0.2, 0.25) is 0 Å². The lowest BCUT2D eigenvalue weighted by Gasteiger charge is -2.09. The smallest absolute Gasteiger partial charge is 0.333 e. The number of hydrazine groups is 1. The predicted molar refractivity (Wildman–Crippen MR) is 63.1 cm³/mol. The fourth-order valence-corrected chi connectivity index (χ4v) is 1.08. The Morgan fingerprint density at radius 2 is 1.88 bits per heavy atom. The van der Waals surface area contributed by atoms with Crippen molar-refractivity contribution in [2.45, 2.75) is 0 Å². The third-order valence-corrected chi connectivity index (χ3v) is 1.77. The van der Waals surface area contributed by atoms with E-state index in [1.807, 2.05) is 5.43 Å². The normalized spacial score (nSPS) is 8.69. The van der Waals surface area contributed by atoms with Crippen LogP contribution in [0.3, 0.4) is 0 Å². The molecule has 0 bridgehead atoms. The highest BCUT2D eigenvalue weighted by Gasteiger charge is 2.05. The van der Waals surface area contributed by atoms with E-state index < -0.39 is 6.03 Å². The average molecular weight is 248 g/mol. The summed E-state index contributed by atoms with van der Waals surface area (Å²) in [6.07, 6.45) is 0. The summed E-state index contributed by atoms with van der Waals surface area (Å²) < 4.78 is 10.1. The highest BCUT2D eigenvalue weighted by molar-refractivity contribution is 5.89. The second-order valence-electron chi connectivity index (χ2n) is 2.67. The molecule has 0 aliphatic rings. The van der Waals surface area contributed by atoms with Gasteiger partial charge in [-0.05, 0) is 12.1 Å². The molecule has 0 aliphatic heterocycles. The van der Waals surface area contributed by atoms with Crippen molar-refractivity contribution in [3.63, 3.8) is 0 Å². The lowest BCUT2D eigenvalue weighted by Crippen LogP contribution is -2.34. The van der Waals surface area contributed by atoms with Crippen LogP contribution in [0.2, 0.25) is 0 Å². The van der Waals surface area contributed by atoms with Gasteiger partial charge in [0.1, 0.15) is 0 Å². The topological polar surface area (TPSA) is 85.6 Å². The monoisotopic (exact) mass is 247 g/mol. The number of rotatable bonds is 3. The van der Waals surface area contributed by atoms with Crippen LogP contribution < -0.4 is 26.1 Å². The number of carbonyl (C=O) groups is 1. The molecule has 0 unspecified atom stereocenters. The number of halogens is 1. The molecule has 0 atom stereocenters. The van der Waals surface area contributed by atoms with E-state index in [-0.39, 0.29) is 12.4 Å². The van der Waals surface area contributed by atoms with Crippen molar-refractivity contribution < 1.29 is 14.3 Å². The number of anilines is 1. The maximum atomic E-state index is 10.9. The Morgan fingerprint density at radius 3 is 2.38 bits per heavy atom. The molecule has 90 valence electrons. The zero-order valence-electron chi connectivity index (χ0n) is 8.94. The van der Waals surface area contributed by atoms with Crippen LogP contribution in [0.25, 0.3) is 0 Å². The quantitative estimate of drug-likeness (QED) is 0.425. The molecule has 0 aliphatic carbocycles. The molecule has 6 nitrogen and oxygen atoms in total. The summed E-state index contributed by atoms with van der Waals surface area (Å²) in [5, 5.41) is 2.51. The van der Waals surface area contributed by atoms with Gasteiger partial charge >= 0.3 is 6.03 Å². The summed E-state index contributed by atoms with van der Waals surface area (Å²) in [5.41, 5.74) is 2.52. The first-order valence-electron chi connectivity index (χ1n) is 4.21. The molecule has 4 N–H and O–H groups in total. The van der Waals surface area contributed by atoms with Crippen LogP contribution in [0, 0.1) is 0 Å². The molecular weight excluding hydrogens is 234 g/mol. The molecule has 16 heavy (non-hydrogen) atoms. The molecule has 0 radical (unpaired) electrons. The molecule has 0 saturated carbocycles. The lowest BCUT2D eigenvalue weighted by atomic mass is 10.3. The standard InChI is InChI=1S/C9H13N3O3.ClH/c1-14-7-4-3-6(5-8(7)15-2)11-9(13)12-10;/h3-5H,10H2,1-2H3,(H2,11,12,13);1H. The summed E-state index contributed by atoms with van der Waals surface area (Å²) in [6, 6.07) is 4.50. The van der Waals surface area contributed by atoms with Crippen LogP contribution in [0.1, 0.15) is 0 Å². The third-order valence-electron chi connectivity index (χ3n) is 1.77. The number of carbonyl (C=O) groups excluding carboxylic acids is 1. The van der Waals surface area contributed by atoms with Gasteiger partial charge in [-0.25, -0.2) is 10.6 Å². The Kier molecular flexibility index (Phi) is 6.06. The van der Waals surface area contributed by atoms with E-state index >= 15 is 0 Å². The second-order valence-corrected chi connectivity index (χ2v) is 2.67. The number of hydrogen-bond donors (Lipinski definition) is 3. The largest absolute Gasteiger partial charge is 0.493 e. The van der Waals surface area contributed by atoms with Gasteiger partial charge in [0.25, 0.3) is 0 Å². The van der Waals surface area contributed by atoms with Gasteiger partial charge in [0.05, 0.1) is 14.2 Å². The number of ether oxygens (including phenoxy) is 2. The molecule has 1 aromatic rings. The van der Waals surface area contributed by atoms with Gasteiger partial charge < -0.3 is 14.8 Å². The highest BCUT2D eigenvalue weighted by atomic mass is 35.5. The number of hydrogen-bond acceptors (Lipinski definition) is 4. The molecule has 7 heteroatoms. The van der Waals surface area contributed by atoms with E-state index in [2.05, 4.69) is 5.32 Å². The first-order chi connectivity index (χ1) is 7.21. The number of methoxy groups -OCH3 is 2. The average Bonchev–Trinajstić information content (AvgIpc) is 2.28. The summed E-state index contributed by atoms with van der Waals surface area (Å²) in [7, 11) is 3.06. The maximum absolute atomic E-state index is 10.9. The zero-order chi connectivity index (χ0) is 11.3. The summed E-state index contributed by atoms with van der Waals surface area (Å²) in [4.78, 5) is 10.9. The van der Waals surface area contributed by atoms with Crippen molar-refractivity contribution in [3.8, 4) is 11.5 Å². The molecule has 0 aromatic heterocycles. The fraction of sp³-hybridized carbons (Fsp3) is 0.222. The number of benzene rings is 1. The van der Waals surface area contributed by atoms with Gasteiger partial charge in [-0.2, -0.15) is 0 Å². The van der Waals surface area contributed by atoms with Crippen LogP contribution in [0.15, 0.2) is 18.2 Å². The van der Waals surface area contributed by atoms with Crippen LogP contribution in [-0.2, 0) is 0 Å². The van der Waals surface area contributed by atoms with Crippen molar-refractivity contribution in [2.75, 3.05) is 19.5 Å². The van der Waals surface area contributed by atoms with Gasteiger partial charge in [-0.15, -0.1) is 12.4 Å². The number of nitrogens with one attached hydrogen (secondary N) is 2. The Labute approximate surface area is 99.5 Å². The maximum Gasteiger partial charge on any atom is 0.333 e. The Hall–Kier alpha value is -1.66. The van der Waals surface area contributed by atoms with E-state index in [9.17, 15) is 4.79 Å². The second kappa shape index (κ2) is 6.76. The van der Waals surface area contributed by atoms with E-state index in [1.165, 1.54) is 14.2 Å². The molecule has 1 aromatic carbocycles. The minimum atomic E-state index is -0.498. The summed E-state index contributed by atoms with van der Waals surface area (Å²) >= 11 is 0.